The zero-order chi connectivity index (χ0) is 13.5. The van der Waals surface area contributed by atoms with Crippen LogP contribution >= 0.6 is 11.8 Å². The molecular weight excluding hydrogens is 288 g/mol. The van der Waals surface area contributed by atoms with Crippen LogP contribution in [0.1, 0.15) is 26.7 Å². The Labute approximate surface area is 132 Å². The molecule has 1 aromatic heterocycles. The lowest BCUT2D eigenvalue weighted by Gasteiger charge is -2.04. The minimum Gasteiger partial charge on any atom is -1.00 e. The molecule has 0 saturated heterocycles. The molecule has 0 amide bonds. The Bertz CT molecular complexity index is 496. The predicted molar refractivity (Wildman–Crippen MR) is 83.1 cm³/mol. The van der Waals surface area contributed by atoms with Crippen molar-refractivity contribution in [3.05, 3.63) is 42.7 Å². The van der Waals surface area contributed by atoms with Crippen LogP contribution in [0.2, 0.25) is 0 Å². The van der Waals surface area contributed by atoms with Gasteiger partial charge in [-0.05, 0) is 31.2 Å². The van der Waals surface area contributed by atoms with Crippen molar-refractivity contribution in [2.45, 2.75) is 39.1 Å². The first-order chi connectivity index (χ1) is 9.36. The van der Waals surface area contributed by atoms with Gasteiger partial charge in [0.2, 0.25) is 0 Å². The van der Waals surface area contributed by atoms with Gasteiger partial charge in [-0.2, -0.15) is 0 Å². The fraction of sp³-hybridized carbons (Fsp3) is 0.438. The first kappa shape index (κ1) is 17.1. The number of hydrogen-bond donors (Lipinski definition) is 0. The number of thioether (sulfide) groups is 1. The van der Waals surface area contributed by atoms with Crippen LogP contribution in [0.3, 0.4) is 0 Å². The molecule has 0 aliphatic heterocycles. The van der Waals surface area contributed by atoms with Crippen molar-refractivity contribution in [2.75, 3.05) is 5.75 Å². The summed E-state index contributed by atoms with van der Waals surface area (Å²) in [7, 11) is 0. The normalized spacial score (nSPS) is 10.3. The fourth-order valence-electron chi connectivity index (χ4n) is 2.15. The van der Waals surface area contributed by atoms with Crippen molar-refractivity contribution < 1.29 is 17.0 Å². The minimum absolute atomic E-state index is 0. The van der Waals surface area contributed by atoms with Gasteiger partial charge in [-0.1, -0.05) is 31.5 Å². The third-order valence-corrected chi connectivity index (χ3v) is 4.25. The van der Waals surface area contributed by atoms with E-state index in [1.807, 2.05) is 11.8 Å². The Morgan fingerprint density at radius 2 is 1.90 bits per heavy atom. The topological polar surface area (TPSA) is 8.81 Å². The molecule has 0 fully saturated rings. The number of aryl methyl sites for hydroxylation is 1. The third kappa shape index (κ3) is 4.29. The second-order valence-corrected chi connectivity index (χ2v) is 5.71. The van der Waals surface area contributed by atoms with E-state index in [9.17, 15) is 0 Å². The molecule has 0 saturated carbocycles. The van der Waals surface area contributed by atoms with Crippen LogP contribution in [0.4, 0.5) is 0 Å². The van der Waals surface area contributed by atoms with Gasteiger partial charge in [-0.25, -0.2) is 9.13 Å². The molecule has 0 spiro atoms. The van der Waals surface area contributed by atoms with E-state index in [2.05, 4.69) is 65.7 Å². The first-order valence-corrected chi connectivity index (χ1v) is 8.24. The van der Waals surface area contributed by atoms with Gasteiger partial charge in [0.25, 0.3) is 5.82 Å². The standard InChI is InChI=1S/C16H23N2S.ClH/c1-3-5-13-19-14-18-12-11-17(4-2)16(18)15-9-7-6-8-10-15;/h6-12H,3-5,13-14H2,1-2H3;1H/q+1;/p-1. The van der Waals surface area contributed by atoms with Crippen molar-refractivity contribution in [1.82, 2.24) is 4.57 Å². The van der Waals surface area contributed by atoms with Crippen molar-refractivity contribution >= 4 is 11.8 Å². The van der Waals surface area contributed by atoms with Crippen LogP contribution in [0.5, 0.6) is 0 Å². The van der Waals surface area contributed by atoms with Crippen LogP contribution in [0, 0.1) is 0 Å². The van der Waals surface area contributed by atoms with E-state index >= 15 is 0 Å². The van der Waals surface area contributed by atoms with E-state index in [1.165, 1.54) is 30.0 Å². The number of halogens is 1. The van der Waals surface area contributed by atoms with E-state index in [0.29, 0.717) is 0 Å². The lowest BCUT2D eigenvalue weighted by atomic mass is 10.2. The molecule has 0 radical (unpaired) electrons. The largest absolute Gasteiger partial charge is 1.00 e. The van der Waals surface area contributed by atoms with Crippen molar-refractivity contribution in [1.29, 1.82) is 0 Å². The molecule has 4 heteroatoms. The van der Waals surface area contributed by atoms with Crippen LogP contribution < -0.4 is 17.0 Å². The number of nitrogens with zero attached hydrogens (tertiary/aromatic N) is 2. The highest BCUT2D eigenvalue weighted by Crippen LogP contribution is 2.17. The average Bonchev–Trinajstić information content (AvgIpc) is 2.87. The molecule has 20 heavy (non-hydrogen) atoms. The monoisotopic (exact) mass is 310 g/mol. The number of unbranched alkanes of at least 4 members (excludes halogenated alkanes) is 1. The van der Waals surface area contributed by atoms with Crippen molar-refractivity contribution in [2.24, 2.45) is 0 Å². The second kappa shape index (κ2) is 9.09. The number of imidazole rings is 1. The SMILES string of the molecule is CCCCSC[n+]1ccn(CC)c1-c1ccccc1.[Cl-]. The molecule has 0 unspecified atom stereocenters. The number of aromatic nitrogens is 2. The van der Waals surface area contributed by atoms with Gasteiger partial charge in [-0.15, -0.1) is 11.8 Å². The molecule has 110 valence electrons. The maximum absolute atomic E-state index is 2.36. The number of rotatable bonds is 7. The van der Waals surface area contributed by atoms with Gasteiger partial charge in [-0.3, -0.25) is 0 Å². The highest BCUT2D eigenvalue weighted by molar-refractivity contribution is 7.98. The molecule has 0 aliphatic carbocycles. The molecule has 2 rings (SSSR count). The van der Waals surface area contributed by atoms with E-state index < -0.39 is 0 Å². The molecule has 1 heterocycles. The zero-order valence-electron chi connectivity index (χ0n) is 12.3. The highest BCUT2D eigenvalue weighted by atomic mass is 35.5. The molecular formula is C16H23ClN2S. The van der Waals surface area contributed by atoms with Crippen molar-refractivity contribution in [3.8, 4) is 11.4 Å². The summed E-state index contributed by atoms with van der Waals surface area (Å²) in [6.07, 6.45) is 6.97. The average molecular weight is 311 g/mol. The first-order valence-electron chi connectivity index (χ1n) is 7.08. The summed E-state index contributed by atoms with van der Waals surface area (Å²) in [5.41, 5.74) is 1.30. The van der Waals surface area contributed by atoms with Crippen molar-refractivity contribution in [3.63, 3.8) is 0 Å². The van der Waals surface area contributed by atoms with E-state index in [4.69, 9.17) is 0 Å². The van der Waals surface area contributed by atoms with Gasteiger partial charge in [0.05, 0.1) is 12.1 Å². The Morgan fingerprint density at radius 3 is 2.55 bits per heavy atom. The predicted octanol–water partition coefficient (Wildman–Crippen LogP) is 0.957. The molecule has 0 aliphatic rings. The summed E-state index contributed by atoms with van der Waals surface area (Å²) in [5, 5.41) is 0. The van der Waals surface area contributed by atoms with Crippen LogP contribution in [-0.4, -0.2) is 10.3 Å². The maximum atomic E-state index is 2.36. The lowest BCUT2D eigenvalue weighted by Crippen LogP contribution is -3.00. The number of hydrogen-bond acceptors (Lipinski definition) is 1. The van der Waals surface area contributed by atoms with Gasteiger partial charge in [0, 0.05) is 0 Å². The molecule has 0 bridgehead atoms. The van der Waals surface area contributed by atoms with Gasteiger partial charge in [0.1, 0.15) is 18.3 Å². The van der Waals surface area contributed by atoms with E-state index in [-0.39, 0.29) is 12.4 Å². The fourth-order valence-corrected chi connectivity index (χ4v) is 3.18. The van der Waals surface area contributed by atoms with Crippen LogP contribution in [-0.2, 0) is 12.4 Å². The lowest BCUT2D eigenvalue weighted by molar-refractivity contribution is -0.664. The number of benzene rings is 1. The second-order valence-electron chi connectivity index (χ2n) is 4.63. The Balaban J connectivity index is 0.00000200. The van der Waals surface area contributed by atoms with Gasteiger partial charge >= 0.3 is 0 Å². The Kier molecular flexibility index (Phi) is 7.78. The van der Waals surface area contributed by atoms with Gasteiger partial charge < -0.3 is 12.4 Å². The van der Waals surface area contributed by atoms with Crippen LogP contribution in [0.15, 0.2) is 42.7 Å². The van der Waals surface area contributed by atoms with Gasteiger partial charge in [0.15, 0.2) is 0 Å². The summed E-state index contributed by atoms with van der Waals surface area (Å²) < 4.78 is 4.68. The molecule has 0 N–H and O–H groups in total. The Hall–Kier alpha value is -0.930. The van der Waals surface area contributed by atoms with E-state index in [1.54, 1.807) is 0 Å². The highest BCUT2D eigenvalue weighted by Gasteiger charge is 2.17. The molecule has 1 aromatic carbocycles. The van der Waals surface area contributed by atoms with Crippen LogP contribution in [0.25, 0.3) is 11.4 Å². The summed E-state index contributed by atoms with van der Waals surface area (Å²) >= 11 is 2.01. The maximum Gasteiger partial charge on any atom is 0.289 e. The third-order valence-electron chi connectivity index (χ3n) is 3.22. The molecule has 0 atom stereocenters. The quantitative estimate of drug-likeness (QED) is 0.546. The molecule has 2 nitrogen and oxygen atoms in total. The summed E-state index contributed by atoms with van der Waals surface area (Å²) in [4.78, 5) is 0. The zero-order valence-corrected chi connectivity index (χ0v) is 13.8. The minimum atomic E-state index is 0. The summed E-state index contributed by atoms with van der Waals surface area (Å²) in [6, 6.07) is 10.7. The molecule has 2 aromatic rings. The smallest absolute Gasteiger partial charge is 0.289 e. The summed E-state index contributed by atoms with van der Waals surface area (Å²) in [6.45, 7) is 5.45. The Morgan fingerprint density at radius 1 is 1.15 bits per heavy atom. The van der Waals surface area contributed by atoms with E-state index in [0.717, 1.165) is 12.4 Å². The summed E-state index contributed by atoms with van der Waals surface area (Å²) in [5.74, 6) is 3.60.